The molecule has 5 nitrogen and oxygen atoms in total. The summed E-state index contributed by atoms with van der Waals surface area (Å²) in [6.07, 6.45) is 0.118. The Balaban J connectivity index is 3.40. The maximum atomic E-state index is 12.0. The lowest BCUT2D eigenvalue weighted by Gasteiger charge is -2.08. The van der Waals surface area contributed by atoms with Crippen LogP contribution in [0.3, 0.4) is 0 Å². The molecule has 0 amide bonds. The van der Waals surface area contributed by atoms with Gasteiger partial charge >= 0.3 is 12.3 Å². The van der Waals surface area contributed by atoms with Crippen LogP contribution in [0.25, 0.3) is 0 Å². The Labute approximate surface area is 92.7 Å². The number of aldehydes is 1. The van der Waals surface area contributed by atoms with Crippen molar-refractivity contribution in [3.05, 3.63) is 32.8 Å². The number of benzene rings is 1. The number of carbonyl (C=O) groups is 1. The number of nitro benzene ring substituents is 1. The molecule has 0 heterocycles. The molecular formula is C8H4ClF2NO4. The van der Waals surface area contributed by atoms with E-state index in [-0.39, 0.29) is 11.3 Å². The second kappa shape index (κ2) is 4.84. The maximum Gasteiger partial charge on any atom is 0.387 e. The van der Waals surface area contributed by atoms with Crippen LogP contribution in [0.5, 0.6) is 5.75 Å². The molecule has 0 saturated carbocycles. The Morgan fingerprint density at radius 3 is 2.56 bits per heavy atom. The second-order valence-corrected chi connectivity index (χ2v) is 2.97. The van der Waals surface area contributed by atoms with Gasteiger partial charge in [0.25, 0.3) is 0 Å². The fourth-order valence-electron chi connectivity index (χ4n) is 1.03. The predicted molar refractivity (Wildman–Crippen MR) is 50.1 cm³/mol. The van der Waals surface area contributed by atoms with Gasteiger partial charge < -0.3 is 4.74 Å². The first-order valence-corrected chi connectivity index (χ1v) is 4.22. The molecule has 0 radical (unpaired) electrons. The highest BCUT2D eigenvalue weighted by molar-refractivity contribution is 6.33. The molecule has 0 aromatic heterocycles. The average molecular weight is 252 g/mol. The highest BCUT2D eigenvalue weighted by Gasteiger charge is 2.24. The van der Waals surface area contributed by atoms with E-state index in [1.54, 1.807) is 0 Å². The lowest BCUT2D eigenvalue weighted by molar-refractivity contribution is -0.386. The van der Waals surface area contributed by atoms with Gasteiger partial charge in [0.05, 0.1) is 15.5 Å². The summed E-state index contributed by atoms with van der Waals surface area (Å²) in [6.45, 7) is -3.28. The van der Waals surface area contributed by atoms with Crippen molar-refractivity contribution in [2.24, 2.45) is 0 Å². The third-order valence-electron chi connectivity index (χ3n) is 1.64. The standard InChI is InChI=1S/C8H4ClF2NO4/c9-5-1-2-6(12(14)15)7(4(5)3-13)16-8(10)11/h1-3,8H. The van der Waals surface area contributed by atoms with Crippen molar-refractivity contribution in [3.63, 3.8) is 0 Å². The van der Waals surface area contributed by atoms with Crippen molar-refractivity contribution in [2.75, 3.05) is 0 Å². The summed E-state index contributed by atoms with van der Waals surface area (Å²) in [7, 11) is 0. The number of alkyl halides is 2. The van der Waals surface area contributed by atoms with Gasteiger partial charge in [-0.2, -0.15) is 8.78 Å². The smallest absolute Gasteiger partial charge is 0.387 e. The van der Waals surface area contributed by atoms with Gasteiger partial charge in [-0.1, -0.05) is 11.6 Å². The van der Waals surface area contributed by atoms with E-state index < -0.39 is 28.5 Å². The molecule has 1 rings (SSSR count). The summed E-state index contributed by atoms with van der Waals surface area (Å²) in [5, 5.41) is 10.3. The van der Waals surface area contributed by atoms with E-state index in [1.807, 2.05) is 0 Å². The molecule has 0 unspecified atom stereocenters. The number of hydrogen-bond donors (Lipinski definition) is 0. The van der Waals surface area contributed by atoms with Gasteiger partial charge in [0.1, 0.15) is 0 Å². The molecule has 86 valence electrons. The highest BCUT2D eigenvalue weighted by atomic mass is 35.5. The first kappa shape index (κ1) is 12.3. The lowest BCUT2D eigenvalue weighted by atomic mass is 10.2. The van der Waals surface area contributed by atoms with Gasteiger partial charge in [-0.25, -0.2) is 0 Å². The summed E-state index contributed by atoms with van der Waals surface area (Å²) in [5.41, 5.74) is -1.22. The number of halogens is 3. The third kappa shape index (κ3) is 2.43. The van der Waals surface area contributed by atoms with Crippen molar-refractivity contribution >= 4 is 23.6 Å². The van der Waals surface area contributed by atoms with E-state index in [1.165, 1.54) is 0 Å². The monoisotopic (exact) mass is 251 g/mol. The first-order chi connectivity index (χ1) is 7.47. The molecule has 0 aliphatic heterocycles. The Hall–Kier alpha value is -1.76. The van der Waals surface area contributed by atoms with E-state index in [9.17, 15) is 23.7 Å². The summed E-state index contributed by atoms with van der Waals surface area (Å²) < 4.78 is 27.9. The van der Waals surface area contributed by atoms with E-state index in [0.29, 0.717) is 0 Å². The topological polar surface area (TPSA) is 69.4 Å². The minimum absolute atomic E-state index is 0.118. The molecule has 1 aromatic rings. The fraction of sp³-hybridized carbons (Fsp3) is 0.125. The SMILES string of the molecule is O=Cc1c(Cl)ccc([N+](=O)[O-])c1OC(F)F. The van der Waals surface area contributed by atoms with Crippen LogP contribution in [0, 0.1) is 10.1 Å². The number of hydrogen-bond acceptors (Lipinski definition) is 4. The van der Waals surface area contributed by atoms with Crippen molar-refractivity contribution < 1.29 is 23.2 Å². The lowest BCUT2D eigenvalue weighted by Crippen LogP contribution is -2.07. The molecule has 1 aromatic carbocycles. The van der Waals surface area contributed by atoms with Crippen molar-refractivity contribution in [2.45, 2.75) is 6.61 Å². The summed E-state index contributed by atoms with van der Waals surface area (Å²) in [4.78, 5) is 20.1. The van der Waals surface area contributed by atoms with Crippen molar-refractivity contribution in [1.82, 2.24) is 0 Å². The predicted octanol–water partition coefficient (Wildman–Crippen LogP) is 2.66. The van der Waals surface area contributed by atoms with Gasteiger partial charge in [-0.3, -0.25) is 14.9 Å². The van der Waals surface area contributed by atoms with Gasteiger partial charge in [0.2, 0.25) is 5.75 Å². The first-order valence-electron chi connectivity index (χ1n) is 3.84. The second-order valence-electron chi connectivity index (χ2n) is 2.56. The minimum Gasteiger partial charge on any atom is -0.427 e. The van der Waals surface area contributed by atoms with Crippen LogP contribution in [0.2, 0.25) is 5.02 Å². The van der Waals surface area contributed by atoms with Crippen LogP contribution in [-0.4, -0.2) is 17.8 Å². The Kier molecular flexibility index (Phi) is 3.73. The Bertz CT molecular complexity index is 438. The van der Waals surface area contributed by atoms with Crippen LogP contribution in [-0.2, 0) is 0 Å². The van der Waals surface area contributed by atoms with Gasteiger partial charge in [0.15, 0.2) is 6.29 Å². The largest absolute Gasteiger partial charge is 0.427 e. The quantitative estimate of drug-likeness (QED) is 0.469. The molecule has 0 atom stereocenters. The summed E-state index contributed by atoms with van der Waals surface area (Å²) in [6, 6.07) is 1.94. The molecule has 0 N–H and O–H groups in total. The zero-order valence-corrected chi connectivity index (χ0v) is 8.28. The molecular weight excluding hydrogens is 248 g/mol. The van der Waals surface area contributed by atoms with Crippen LogP contribution >= 0.6 is 11.6 Å². The zero-order chi connectivity index (χ0) is 12.3. The number of carbonyl (C=O) groups excluding carboxylic acids is 1. The van der Waals surface area contributed by atoms with E-state index in [4.69, 9.17) is 11.6 Å². The molecule has 0 fully saturated rings. The molecule has 8 heteroatoms. The fourth-order valence-corrected chi connectivity index (χ4v) is 1.22. The van der Waals surface area contributed by atoms with Crippen molar-refractivity contribution in [1.29, 1.82) is 0 Å². The molecule has 0 bridgehead atoms. The molecule has 16 heavy (non-hydrogen) atoms. The molecule has 0 saturated heterocycles. The zero-order valence-electron chi connectivity index (χ0n) is 7.52. The molecule has 0 aliphatic rings. The van der Waals surface area contributed by atoms with Crippen LogP contribution in [0.15, 0.2) is 12.1 Å². The van der Waals surface area contributed by atoms with Gasteiger partial charge in [-0.15, -0.1) is 0 Å². The average Bonchev–Trinajstić information content (AvgIpc) is 2.16. The van der Waals surface area contributed by atoms with E-state index >= 15 is 0 Å². The van der Waals surface area contributed by atoms with E-state index in [2.05, 4.69) is 4.74 Å². The Morgan fingerprint density at radius 1 is 1.50 bits per heavy atom. The number of nitrogens with zero attached hydrogens (tertiary/aromatic N) is 1. The van der Waals surface area contributed by atoms with Gasteiger partial charge in [0, 0.05) is 6.07 Å². The highest BCUT2D eigenvalue weighted by Crippen LogP contribution is 2.35. The third-order valence-corrected chi connectivity index (χ3v) is 1.97. The Morgan fingerprint density at radius 2 is 2.12 bits per heavy atom. The maximum absolute atomic E-state index is 12.0. The number of nitro groups is 1. The summed E-state index contributed by atoms with van der Waals surface area (Å²) in [5.74, 6) is -0.831. The van der Waals surface area contributed by atoms with Crippen LogP contribution in [0.1, 0.15) is 10.4 Å². The summed E-state index contributed by atoms with van der Waals surface area (Å²) >= 11 is 5.51. The van der Waals surface area contributed by atoms with E-state index in [0.717, 1.165) is 12.1 Å². The normalized spacial score (nSPS) is 10.2. The minimum atomic E-state index is -3.28. The van der Waals surface area contributed by atoms with Crippen molar-refractivity contribution in [3.8, 4) is 5.75 Å². The number of rotatable bonds is 4. The van der Waals surface area contributed by atoms with Crippen LogP contribution in [0.4, 0.5) is 14.5 Å². The molecule has 0 spiro atoms. The molecule has 0 aliphatic carbocycles. The van der Waals surface area contributed by atoms with Crippen LogP contribution < -0.4 is 4.74 Å². The van der Waals surface area contributed by atoms with Gasteiger partial charge in [-0.05, 0) is 6.07 Å². The number of ether oxygens (including phenoxy) is 1.